The lowest BCUT2D eigenvalue weighted by Crippen LogP contribution is -1.94. The predicted octanol–water partition coefficient (Wildman–Crippen LogP) is 3.88. The molecule has 0 amide bonds. The third-order valence-electron chi connectivity index (χ3n) is 2.34. The Hall–Kier alpha value is -0.660. The Bertz CT molecular complexity index is 565. The third-order valence-corrected chi connectivity index (χ3v) is 3.71. The number of hydrogen-bond donors (Lipinski definition) is 1. The Morgan fingerprint density at radius 2 is 1.94 bits per heavy atom. The molecule has 3 nitrogen and oxygen atoms in total. The van der Waals surface area contributed by atoms with E-state index in [0.29, 0.717) is 4.47 Å². The minimum atomic E-state index is -0.298. The predicted molar refractivity (Wildman–Crippen MR) is 68.6 cm³/mol. The standard InChI is InChI=1S/C11H9BrFNO2S/c1-6-2-7-3-9(12)10(13)4-8(7)5-11(6)17-16-15-14/h2-5H,14H2,1H3. The second kappa shape index (κ2) is 5.32. The van der Waals surface area contributed by atoms with Crippen LogP contribution in [0, 0.1) is 12.7 Å². The van der Waals surface area contributed by atoms with Gasteiger partial charge >= 0.3 is 0 Å². The SMILES string of the molecule is Cc1cc2cc(Br)c(F)cc2cc1SOON. The van der Waals surface area contributed by atoms with Crippen molar-refractivity contribution in [2.24, 2.45) is 5.90 Å². The first-order chi connectivity index (χ1) is 8.11. The van der Waals surface area contributed by atoms with Gasteiger partial charge in [0, 0.05) is 4.90 Å². The molecule has 0 aliphatic carbocycles. The van der Waals surface area contributed by atoms with Crippen LogP contribution in [0.4, 0.5) is 4.39 Å². The Morgan fingerprint density at radius 3 is 2.65 bits per heavy atom. The lowest BCUT2D eigenvalue weighted by molar-refractivity contribution is -0.195. The van der Waals surface area contributed by atoms with Gasteiger partial charge in [-0.2, -0.15) is 5.90 Å². The average molecular weight is 318 g/mol. The van der Waals surface area contributed by atoms with E-state index in [9.17, 15) is 4.39 Å². The zero-order chi connectivity index (χ0) is 12.4. The number of hydrogen-bond acceptors (Lipinski definition) is 4. The van der Waals surface area contributed by atoms with Gasteiger partial charge in [-0.25, -0.2) is 4.39 Å². The van der Waals surface area contributed by atoms with Crippen molar-refractivity contribution in [1.29, 1.82) is 0 Å². The summed E-state index contributed by atoms with van der Waals surface area (Å²) in [4.78, 5) is 4.86. The van der Waals surface area contributed by atoms with Gasteiger partial charge in [-0.1, -0.05) is 6.07 Å². The molecule has 0 saturated carbocycles. The van der Waals surface area contributed by atoms with Crippen molar-refractivity contribution in [3.63, 3.8) is 0 Å². The molecular weight excluding hydrogens is 309 g/mol. The van der Waals surface area contributed by atoms with Crippen LogP contribution in [0.5, 0.6) is 0 Å². The highest BCUT2D eigenvalue weighted by Gasteiger charge is 2.07. The topological polar surface area (TPSA) is 44.5 Å². The van der Waals surface area contributed by atoms with Gasteiger partial charge in [0.15, 0.2) is 0 Å². The Balaban J connectivity index is 2.51. The molecule has 17 heavy (non-hydrogen) atoms. The molecule has 6 heteroatoms. The van der Waals surface area contributed by atoms with E-state index in [1.165, 1.54) is 6.07 Å². The van der Waals surface area contributed by atoms with E-state index in [2.05, 4.69) is 25.3 Å². The molecule has 2 N–H and O–H groups in total. The third kappa shape index (κ3) is 2.78. The van der Waals surface area contributed by atoms with Crippen molar-refractivity contribution in [1.82, 2.24) is 0 Å². The van der Waals surface area contributed by atoms with Gasteiger partial charge < -0.3 is 0 Å². The minimum Gasteiger partial charge on any atom is -0.206 e. The van der Waals surface area contributed by atoms with Crippen LogP contribution in [-0.2, 0) is 9.32 Å². The summed E-state index contributed by atoms with van der Waals surface area (Å²) < 4.78 is 18.4. The average Bonchev–Trinajstić information content (AvgIpc) is 2.29. The summed E-state index contributed by atoms with van der Waals surface area (Å²) in [5.74, 6) is 4.48. The van der Waals surface area contributed by atoms with Gasteiger partial charge in [-0.3, -0.25) is 0 Å². The minimum absolute atomic E-state index is 0.298. The molecule has 0 aromatic heterocycles. The molecule has 0 fully saturated rings. The quantitative estimate of drug-likeness (QED) is 0.530. The summed E-state index contributed by atoms with van der Waals surface area (Å²) in [5.41, 5.74) is 0.998. The maximum atomic E-state index is 13.4. The maximum absolute atomic E-state index is 13.4. The second-order valence-corrected chi connectivity index (χ2v) is 5.08. The van der Waals surface area contributed by atoms with Gasteiger partial charge in [0.2, 0.25) is 0 Å². The molecule has 0 aliphatic rings. The molecule has 0 spiro atoms. The summed E-state index contributed by atoms with van der Waals surface area (Å²) in [5, 5.41) is 1.74. The lowest BCUT2D eigenvalue weighted by atomic mass is 10.1. The lowest BCUT2D eigenvalue weighted by Gasteiger charge is -2.07. The van der Waals surface area contributed by atoms with E-state index in [0.717, 1.165) is 33.3 Å². The first kappa shape index (κ1) is 12.8. The Labute approximate surface area is 110 Å². The van der Waals surface area contributed by atoms with Crippen LogP contribution >= 0.6 is 28.0 Å². The molecule has 0 saturated heterocycles. The molecule has 0 heterocycles. The highest BCUT2D eigenvalue weighted by atomic mass is 79.9. The molecule has 90 valence electrons. The normalized spacial score (nSPS) is 11.1. The largest absolute Gasteiger partial charge is 0.206 e. The molecule has 0 unspecified atom stereocenters. The van der Waals surface area contributed by atoms with Crippen LogP contribution in [0.3, 0.4) is 0 Å². The van der Waals surface area contributed by atoms with Crippen LogP contribution < -0.4 is 5.90 Å². The summed E-state index contributed by atoms with van der Waals surface area (Å²) in [7, 11) is 0. The van der Waals surface area contributed by atoms with Crippen molar-refractivity contribution in [2.75, 3.05) is 0 Å². The molecule has 2 aromatic carbocycles. The van der Waals surface area contributed by atoms with Crippen molar-refractivity contribution in [2.45, 2.75) is 11.8 Å². The summed E-state index contributed by atoms with van der Waals surface area (Å²) >= 11 is 4.15. The molecule has 0 bridgehead atoms. The highest BCUT2D eigenvalue weighted by Crippen LogP contribution is 2.30. The number of aryl methyl sites for hydroxylation is 1. The van der Waals surface area contributed by atoms with Crippen LogP contribution in [0.15, 0.2) is 33.6 Å². The van der Waals surface area contributed by atoms with Gasteiger partial charge in [0.05, 0.1) is 16.5 Å². The molecule has 0 radical (unpaired) electrons. The molecule has 2 aromatic rings. The van der Waals surface area contributed by atoms with Gasteiger partial charge in [0.25, 0.3) is 0 Å². The van der Waals surface area contributed by atoms with Crippen molar-refractivity contribution in [3.8, 4) is 0 Å². The monoisotopic (exact) mass is 317 g/mol. The van der Waals surface area contributed by atoms with Crippen LogP contribution in [-0.4, -0.2) is 0 Å². The fourth-order valence-corrected chi connectivity index (χ4v) is 2.37. The van der Waals surface area contributed by atoms with Crippen molar-refractivity contribution in [3.05, 3.63) is 40.1 Å². The Morgan fingerprint density at radius 1 is 1.24 bits per heavy atom. The smallest absolute Gasteiger partial charge is 0.138 e. The van der Waals surface area contributed by atoms with E-state index in [1.807, 2.05) is 19.1 Å². The van der Waals surface area contributed by atoms with Gasteiger partial charge in [-0.15, -0.1) is 9.32 Å². The summed E-state index contributed by atoms with van der Waals surface area (Å²) in [6, 6.07) is 6.98. The molecule has 2 rings (SSSR count). The number of nitrogens with two attached hydrogens (primary N) is 1. The van der Waals surface area contributed by atoms with E-state index in [4.69, 9.17) is 5.90 Å². The molecular formula is C11H9BrFNO2S. The van der Waals surface area contributed by atoms with Crippen LogP contribution in [0.25, 0.3) is 10.8 Å². The van der Waals surface area contributed by atoms with Crippen molar-refractivity contribution >= 4 is 38.7 Å². The fraction of sp³-hybridized carbons (Fsp3) is 0.0909. The van der Waals surface area contributed by atoms with E-state index < -0.39 is 0 Å². The number of benzene rings is 2. The zero-order valence-electron chi connectivity index (χ0n) is 8.87. The Kier molecular flexibility index (Phi) is 4.01. The van der Waals surface area contributed by atoms with Crippen LogP contribution in [0.2, 0.25) is 0 Å². The summed E-state index contributed by atoms with van der Waals surface area (Å²) in [6.07, 6.45) is 0. The summed E-state index contributed by atoms with van der Waals surface area (Å²) in [6.45, 7) is 1.93. The van der Waals surface area contributed by atoms with E-state index in [-0.39, 0.29) is 5.82 Å². The first-order valence-corrected chi connectivity index (χ1v) is 6.25. The first-order valence-electron chi connectivity index (χ1n) is 4.71. The zero-order valence-corrected chi connectivity index (χ0v) is 11.3. The van der Waals surface area contributed by atoms with Gasteiger partial charge in [0.1, 0.15) is 5.82 Å². The number of rotatable bonds is 3. The highest BCUT2D eigenvalue weighted by molar-refractivity contribution is 9.10. The maximum Gasteiger partial charge on any atom is 0.138 e. The van der Waals surface area contributed by atoms with Crippen LogP contribution in [0.1, 0.15) is 5.56 Å². The van der Waals surface area contributed by atoms with Gasteiger partial charge in [-0.05, 0) is 57.4 Å². The molecule has 0 atom stereocenters. The molecule has 0 aliphatic heterocycles. The second-order valence-electron chi connectivity index (χ2n) is 3.48. The fourth-order valence-electron chi connectivity index (χ4n) is 1.53. The van der Waals surface area contributed by atoms with Crippen molar-refractivity contribution < 1.29 is 13.7 Å². The van der Waals surface area contributed by atoms with E-state index in [1.54, 1.807) is 6.07 Å². The number of halogens is 2. The number of fused-ring (bicyclic) bond motifs is 1. The van der Waals surface area contributed by atoms with E-state index >= 15 is 0 Å².